The van der Waals surface area contributed by atoms with Crippen molar-refractivity contribution in [2.24, 2.45) is 0 Å². The van der Waals surface area contributed by atoms with Gasteiger partial charge in [0.05, 0.1) is 12.6 Å². The number of aliphatic hydroxyl groups excluding tert-OH is 1. The van der Waals surface area contributed by atoms with E-state index in [-0.39, 0.29) is 6.10 Å². The molecule has 2 atom stereocenters. The summed E-state index contributed by atoms with van der Waals surface area (Å²) in [6, 6.07) is 0. The van der Waals surface area contributed by atoms with Crippen molar-refractivity contribution in [2.45, 2.75) is 46.1 Å². The zero-order valence-electron chi connectivity index (χ0n) is 8.97. The molecule has 1 rings (SSSR count). The van der Waals surface area contributed by atoms with E-state index >= 15 is 0 Å². The SMILES string of the molecule is Cc1n(CC(C)O)cc[n+]1CC(C)[O-]. The third-order valence-electron chi connectivity index (χ3n) is 2.17. The highest BCUT2D eigenvalue weighted by atomic mass is 16.3. The minimum atomic E-state index is -0.596. The lowest BCUT2D eigenvalue weighted by Crippen LogP contribution is -2.45. The summed E-state index contributed by atoms with van der Waals surface area (Å²) in [7, 11) is 0. The Hall–Kier alpha value is -0.870. The Morgan fingerprint density at radius 2 is 2.21 bits per heavy atom. The highest BCUT2D eigenvalue weighted by molar-refractivity contribution is 4.80. The molecule has 1 aromatic rings. The second-order valence-electron chi connectivity index (χ2n) is 3.81. The monoisotopic (exact) mass is 198 g/mol. The number of nitrogens with zero attached hydrogens (tertiary/aromatic N) is 2. The summed E-state index contributed by atoms with van der Waals surface area (Å²) in [5, 5.41) is 20.2. The van der Waals surface area contributed by atoms with Gasteiger partial charge in [0, 0.05) is 6.92 Å². The van der Waals surface area contributed by atoms with Crippen LogP contribution in [-0.2, 0) is 13.1 Å². The average Bonchev–Trinajstić information content (AvgIpc) is 2.34. The molecule has 14 heavy (non-hydrogen) atoms. The van der Waals surface area contributed by atoms with Crippen LogP contribution in [0.4, 0.5) is 0 Å². The Kier molecular flexibility index (Phi) is 3.66. The first-order valence-corrected chi connectivity index (χ1v) is 4.89. The maximum Gasteiger partial charge on any atom is 0.253 e. The van der Waals surface area contributed by atoms with Crippen molar-refractivity contribution in [2.75, 3.05) is 0 Å². The van der Waals surface area contributed by atoms with Crippen LogP contribution in [-0.4, -0.2) is 21.9 Å². The van der Waals surface area contributed by atoms with Crippen LogP contribution in [0, 0.1) is 6.92 Å². The smallest absolute Gasteiger partial charge is 0.253 e. The minimum absolute atomic E-state index is 0.362. The van der Waals surface area contributed by atoms with Gasteiger partial charge in [-0.1, -0.05) is 13.0 Å². The van der Waals surface area contributed by atoms with Gasteiger partial charge in [0.2, 0.25) is 0 Å². The first-order valence-electron chi connectivity index (χ1n) is 4.89. The molecule has 0 amide bonds. The number of hydrogen-bond acceptors (Lipinski definition) is 2. The fourth-order valence-corrected chi connectivity index (χ4v) is 1.49. The molecule has 0 spiro atoms. The molecule has 4 nitrogen and oxygen atoms in total. The topological polar surface area (TPSA) is 52.1 Å². The number of hydrogen-bond donors (Lipinski definition) is 1. The maximum absolute atomic E-state index is 11.0. The zero-order valence-corrected chi connectivity index (χ0v) is 8.97. The van der Waals surface area contributed by atoms with Crippen LogP contribution in [0.3, 0.4) is 0 Å². The third kappa shape index (κ3) is 2.82. The third-order valence-corrected chi connectivity index (χ3v) is 2.17. The molecular weight excluding hydrogens is 180 g/mol. The molecule has 0 aliphatic heterocycles. The fourth-order valence-electron chi connectivity index (χ4n) is 1.49. The van der Waals surface area contributed by atoms with Crippen LogP contribution in [0.2, 0.25) is 0 Å². The molecule has 0 aromatic carbocycles. The number of aliphatic hydroxyl groups is 1. The summed E-state index contributed by atoms with van der Waals surface area (Å²) in [5.74, 6) is 1.01. The molecule has 0 saturated heterocycles. The average molecular weight is 198 g/mol. The van der Waals surface area contributed by atoms with E-state index in [1.54, 1.807) is 13.8 Å². The normalized spacial score (nSPS) is 15.5. The summed E-state index contributed by atoms with van der Waals surface area (Å²) >= 11 is 0. The van der Waals surface area contributed by atoms with E-state index < -0.39 is 6.10 Å². The van der Waals surface area contributed by atoms with Crippen molar-refractivity contribution in [3.63, 3.8) is 0 Å². The van der Waals surface area contributed by atoms with Crippen molar-refractivity contribution in [1.29, 1.82) is 0 Å². The molecule has 1 heterocycles. The predicted octanol–water partition coefficient (Wildman–Crippen LogP) is -0.786. The van der Waals surface area contributed by atoms with Gasteiger partial charge in [-0.2, -0.15) is 0 Å². The van der Waals surface area contributed by atoms with Gasteiger partial charge in [0.1, 0.15) is 18.9 Å². The Bertz CT molecular complexity index is 265. The summed E-state index contributed by atoms with van der Waals surface area (Å²) in [4.78, 5) is 0. The lowest BCUT2D eigenvalue weighted by molar-refractivity contribution is -0.726. The van der Waals surface area contributed by atoms with Crippen LogP contribution in [0.5, 0.6) is 0 Å². The van der Waals surface area contributed by atoms with E-state index in [1.165, 1.54) is 0 Å². The molecule has 1 aromatic heterocycles. The zero-order chi connectivity index (χ0) is 10.7. The van der Waals surface area contributed by atoms with Gasteiger partial charge in [0.15, 0.2) is 0 Å². The number of rotatable bonds is 4. The van der Waals surface area contributed by atoms with Gasteiger partial charge < -0.3 is 10.2 Å². The van der Waals surface area contributed by atoms with E-state index in [1.807, 2.05) is 28.5 Å². The van der Waals surface area contributed by atoms with Crippen LogP contribution >= 0.6 is 0 Å². The Labute approximate surface area is 84.4 Å². The molecule has 0 aliphatic rings. The standard InChI is InChI=1S/C10H18N2O2/c1-8(13)6-11-4-5-12(10(11)3)7-9(2)14/h4-5,8-9,13H,6-7H2,1-3H3. The van der Waals surface area contributed by atoms with Gasteiger partial charge in [-0.3, -0.25) is 0 Å². The van der Waals surface area contributed by atoms with Crippen molar-refractivity contribution in [3.8, 4) is 0 Å². The van der Waals surface area contributed by atoms with Gasteiger partial charge in [0.25, 0.3) is 5.82 Å². The molecule has 2 unspecified atom stereocenters. The molecule has 0 fully saturated rings. The Morgan fingerprint density at radius 1 is 1.57 bits per heavy atom. The second-order valence-corrected chi connectivity index (χ2v) is 3.81. The lowest BCUT2D eigenvalue weighted by Gasteiger charge is -2.13. The molecule has 4 heteroatoms. The Balaban J connectivity index is 2.75. The van der Waals surface area contributed by atoms with Crippen molar-refractivity contribution < 1.29 is 14.8 Å². The van der Waals surface area contributed by atoms with Crippen LogP contribution in [0.15, 0.2) is 12.4 Å². The highest BCUT2D eigenvalue weighted by Gasteiger charge is 2.12. The Morgan fingerprint density at radius 3 is 2.71 bits per heavy atom. The lowest BCUT2D eigenvalue weighted by atomic mass is 10.4. The molecule has 0 bridgehead atoms. The van der Waals surface area contributed by atoms with Gasteiger partial charge in [-0.05, 0) is 6.92 Å². The summed E-state index contributed by atoms with van der Waals surface area (Å²) in [6.07, 6.45) is 2.82. The highest BCUT2D eigenvalue weighted by Crippen LogP contribution is 1.96. The molecule has 0 radical (unpaired) electrons. The van der Waals surface area contributed by atoms with Crippen molar-refractivity contribution >= 4 is 0 Å². The van der Waals surface area contributed by atoms with E-state index in [9.17, 15) is 10.2 Å². The molecule has 0 saturated carbocycles. The molecule has 0 aliphatic carbocycles. The van der Waals surface area contributed by atoms with Gasteiger partial charge >= 0.3 is 0 Å². The van der Waals surface area contributed by atoms with E-state index in [0.29, 0.717) is 13.1 Å². The van der Waals surface area contributed by atoms with Gasteiger partial charge in [-0.15, -0.1) is 0 Å². The second kappa shape index (κ2) is 4.57. The predicted molar refractivity (Wildman–Crippen MR) is 50.5 cm³/mol. The largest absolute Gasteiger partial charge is 0.849 e. The van der Waals surface area contributed by atoms with Crippen LogP contribution in [0.25, 0.3) is 0 Å². The van der Waals surface area contributed by atoms with E-state index in [0.717, 1.165) is 5.82 Å². The van der Waals surface area contributed by atoms with Crippen LogP contribution in [0.1, 0.15) is 19.7 Å². The molecule has 80 valence electrons. The number of imidazole rings is 1. The quantitative estimate of drug-likeness (QED) is 0.645. The molecular formula is C10H18N2O2. The number of aromatic nitrogens is 2. The van der Waals surface area contributed by atoms with Gasteiger partial charge in [-0.25, -0.2) is 9.13 Å². The summed E-state index contributed by atoms with van der Waals surface area (Å²) in [6.45, 7) is 6.41. The molecule has 1 N–H and O–H groups in total. The summed E-state index contributed by atoms with van der Waals surface area (Å²) < 4.78 is 3.87. The fraction of sp³-hybridized carbons (Fsp3) is 0.700. The maximum atomic E-state index is 11.0. The van der Waals surface area contributed by atoms with Crippen molar-refractivity contribution in [1.82, 2.24) is 4.57 Å². The van der Waals surface area contributed by atoms with E-state index in [4.69, 9.17) is 0 Å². The minimum Gasteiger partial charge on any atom is -0.849 e. The summed E-state index contributed by atoms with van der Waals surface area (Å²) in [5.41, 5.74) is 0. The van der Waals surface area contributed by atoms with Crippen LogP contribution < -0.4 is 9.67 Å². The van der Waals surface area contributed by atoms with E-state index in [2.05, 4.69) is 0 Å². The van der Waals surface area contributed by atoms with Crippen molar-refractivity contribution in [3.05, 3.63) is 18.2 Å². The first kappa shape index (κ1) is 11.2. The first-order chi connectivity index (χ1) is 6.50.